The van der Waals surface area contributed by atoms with Crippen LogP contribution in [0.3, 0.4) is 0 Å². The van der Waals surface area contributed by atoms with Crippen LogP contribution in [0.2, 0.25) is 0 Å². The summed E-state index contributed by atoms with van der Waals surface area (Å²) in [5.74, 6) is 1.05. The average Bonchev–Trinajstić information content (AvgIpc) is 2.48. The first-order valence-electron chi connectivity index (χ1n) is 4.66. The molecular formula is C9H18N4. The smallest absolute Gasteiger partial charge is 0.109 e. The first-order chi connectivity index (χ1) is 6.24. The standard InChI is InChI=1S/C9H18N4/c1-13-6-5-12-9(13)7-8(11)3-2-4-10/h5-6,8H,2-4,7,10-11H2,1H3. The summed E-state index contributed by atoms with van der Waals surface area (Å²) in [6, 6.07) is 0.185. The minimum Gasteiger partial charge on any atom is -0.338 e. The zero-order valence-electron chi connectivity index (χ0n) is 8.11. The van der Waals surface area contributed by atoms with Crippen LogP contribution in [-0.4, -0.2) is 22.1 Å². The van der Waals surface area contributed by atoms with Crippen LogP contribution in [-0.2, 0) is 13.5 Å². The van der Waals surface area contributed by atoms with Gasteiger partial charge in [-0.05, 0) is 19.4 Å². The monoisotopic (exact) mass is 182 g/mol. The molecule has 0 aliphatic carbocycles. The summed E-state index contributed by atoms with van der Waals surface area (Å²) in [5.41, 5.74) is 11.3. The van der Waals surface area contributed by atoms with Crippen molar-refractivity contribution in [2.75, 3.05) is 6.54 Å². The summed E-state index contributed by atoms with van der Waals surface area (Å²) < 4.78 is 2.00. The molecule has 1 aromatic rings. The molecule has 0 fully saturated rings. The SMILES string of the molecule is Cn1ccnc1CC(N)CCCN. The van der Waals surface area contributed by atoms with Gasteiger partial charge in [-0.2, -0.15) is 0 Å². The van der Waals surface area contributed by atoms with Gasteiger partial charge in [0.15, 0.2) is 0 Å². The number of rotatable bonds is 5. The van der Waals surface area contributed by atoms with Crippen LogP contribution in [0.1, 0.15) is 18.7 Å². The molecule has 1 aromatic heterocycles. The van der Waals surface area contributed by atoms with E-state index in [4.69, 9.17) is 11.5 Å². The molecule has 4 heteroatoms. The van der Waals surface area contributed by atoms with Crippen LogP contribution in [0, 0.1) is 0 Å². The van der Waals surface area contributed by atoms with Crippen LogP contribution in [0.25, 0.3) is 0 Å². The molecule has 74 valence electrons. The molecule has 4 nitrogen and oxygen atoms in total. The lowest BCUT2D eigenvalue weighted by Gasteiger charge is -2.10. The Bertz CT molecular complexity index is 244. The minimum absolute atomic E-state index is 0.185. The maximum absolute atomic E-state index is 5.91. The molecule has 1 unspecified atom stereocenters. The molecule has 0 aliphatic rings. The molecule has 0 aliphatic heterocycles. The van der Waals surface area contributed by atoms with Crippen LogP contribution >= 0.6 is 0 Å². The quantitative estimate of drug-likeness (QED) is 0.675. The van der Waals surface area contributed by atoms with E-state index in [1.807, 2.05) is 17.8 Å². The van der Waals surface area contributed by atoms with Gasteiger partial charge in [0.25, 0.3) is 0 Å². The van der Waals surface area contributed by atoms with Crippen molar-refractivity contribution in [3.63, 3.8) is 0 Å². The van der Waals surface area contributed by atoms with Gasteiger partial charge in [-0.15, -0.1) is 0 Å². The molecule has 0 bridgehead atoms. The molecule has 13 heavy (non-hydrogen) atoms. The van der Waals surface area contributed by atoms with Crippen molar-refractivity contribution in [2.45, 2.75) is 25.3 Å². The van der Waals surface area contributed by atoms with Gasteiger partial charge in [-0.3, -0.25) is 0 Å². The van der Waals surface area contributed by atoms with Gasteiger partial charge < -0.3 is 16.0 Å². The molecule has 0 aromatic carbocycles. The van der Waals surface area contributed by atoms with Gasteiger partial charge >= 0.3 is 0 Å². The van der Waals surface area contributed by atoms with Gasteiger partial charge in [0.2, 0.25) is 0 Å². The highest BCUT2D eigenvalue weighted by Gasteiger charge is 2.06. The van der Waals surface area contributed by atoms with E-state index in [1.54, 1.807) is 6.20 Å². The van der Waals surface area contributed by atoms with E-state index in [1.165, 1.54) is 0 Å². The van der Waals surface area contributed by atoms with Crippen LogP contribution in [0.4, 0.5) is 0 Å². The van der Waals surface area contributed by atoms with E-state index >= 15 is 0 Å². The number of aryl methyl sites for hydroxylation is 1. The lowest BCUT2D eigenvalue weighted by molar-refractivity contribution is 0.562. The second-order valence-corrected chi connectivity index (χ2v) is 3.35. The highest BCUT2D eigenvalue weighted by atomic mass is 15.0. The molecular weight excluding hydrogens is 164 g/mol. The summed E-state index contributed by atoms with van der Waals surface area (Å²) in [7, 11) is 1.98. The number of hydrogen-bond acceptors (Lipinski definition) is 3. The normalized spacial score (nSPS) is 13.2. The largest absolute Gasteiger partial charge is 0.338 e. The van der Waals surface area contributed by atoms with Gasteiger partial charge in [0, 0.05) is 31.9 Å². The lowest BCUT2D eigenvalue weighted by Crippen LogP contribution is -2.25. The topological polar surface area (TPSA) is 69.9 Å². The summed E-state index contributed by atoms with van der Waals surface area (Å²) in [6.45, 7) is 0.717. The zero-order chi connectivity index (χ0) is 9.68. The Morgan fingerprint density at radius 2 is 2.38 bits per heavy atom. The summed E-state index contributed by atoms with van der Waals surface area (Å²) >= 11 is 0. The second kappa shape index (κ2) is 4.99. The van der Waals surface area contributed by atoms with E-state index in [-0.39, 0.29) is 6.04 Å². The second-order valence-electron chi connectivity index (χ2n) is 3.35. The fourth-order valence-corrected chi connectivity index (χ4v) is 1.31. The molecule has 1 atom stereocenters. The van der Waals surface area contributed by atoms with Gasteiger partial charge in [-0.25, -0.2) is 4.98 Å². The third-order valence-electron chi connectivity index (χ3n) is 2.14. The summed E-state index contributed by atoms with van der Waals surface area (Å²) in [6.07, 6.45) is 6.54. The van der Waals surface area contributed by atoms with Crippen molar-refractivity contribution in [2.24, 2.45) is 18.5 Å². The fraction of sp³-hybridized carbons (Fsp3) is 0.667. The molecule has 1 heterocycles. The Hall–Kier alpha value is -0.870. The zero-order valence-corrected chi connectivity index (χ0v) is 8.11. The average molecular weight is 182 g/mol. The summed E-state index contributed by atoms with van der Waals surface area (Å²) in [4.78, 5) is 4.22. The molecule has 0 amide bonds. The summed E-state index contributed by atoms with van der Waals surface area (Å²) in [5, 5.41) is 0. The van der Waals surface area contributed by atoms with Crippen molar-refractivity contribution in [1.82, 2.24) is 9.55 Å². The van der Waals surface area contributed by atoms with E-state index < -0.39 is 0 Å². The van der Waals surface area contributed by atoms with Crippen molar-refractivity contribution < 1.29 is 0 Å². The number of imidazole rings is 1. The molecule has 0 radical (unpaired) electrons. The van der Waals surface area contributed by atoms with Crippen LogP contribution in [0.5, 0.6) is 0 Å². The number of aromatic nitrogens is 2. The van der Waals surface area contributed by atoms with Crippen molar-refractivity contribution in [3.8, 4) is 0 Å². The number of hydrogen-bond donors (Lipinski definition) is 2. The predicted molar refractivity (Wildman–Crippen MR) is 53.2 cm³/mol. The van der Waals surface area contributed by atoms with E-state index in [2.05, 4.69) is 4.98 Å². The maximum atomic E-state index is 5.91. The van der Waals surface area contributed by atoms with Crippen LogP contribution < -0.4 is 11.5 Å². The van der Waals surface area contributed by atoms with E-state index in [9.17, 15) is 0 Å². The Labute approximate surface area is 78.9 Å². The third-order valence-corrected chi connectivity index (χ3v) is 2.14. The fourth-order valence-electron chi connectivity index (χ4n) is 1.31. The Morgan fingerprint density at radius 1 is 1.62 bits per heavy atom. The molecule has 0 spiro atoms. The Balaban J connectivity index is 2.36. The van der Waals surface area contributed by atoms with Crippen LogP contribution in [0.15, 0.2) is 12.4 Å². The highest BCUT2D eigenvalue weighted by molar-refractivity contribution is 4.93. The van der Waals surface area contributed by atoms with Crippen molar-refractivity contribution >= 4 is 0 Å². The predicted octanol–water partition coefficient (Wildman–Crippen LogP) is 0.0288. The van der Waals surface area contributed by atoms with Crippen molar-refractivity contribution in [3.05, 3.63) is 18.2 Å². The molecule has 1 rings (SSSR count). The molecule has 0 saturated carbocycles. The number of nitrogens with zero attached hydrogens (tertiary/aromatic N) is 2. The van der Waals surface area contributed by atoms with E-state index in [0.29, 0.717) is 6.54 Å². The first-order valence-corrected chi connectivity index (χ1v) is 4.66. The first kappa shape index (κ1) is 10.2. The number of nitrogens with two attached hydrogens (primary N) is 2. The minimum atomic E-state index is 0.185. The van der Waals surface area contributed by atoms with Gasteiger partial charge in [0.05, 0.1) is 0 Å². The highest BCUT2D eigenvalue weighted by Crippen LogP contribution is 2.02. The Morgan fingerprint density at radius 3 is 2.92 bits per heavy atom. The molecule has 0 saturated heterocycles. The van der Waals surface area contributed by atoms with Gasteiger partial charge in [-0.1, -0.05) is 0 Å². The Kier molecular flexibility index (Phi) is 3.92. The molecule has 4 N–H and O–H groups in total. The maximum Gasteiger partial charge on any atom is 0.109 e. The lowest BCUT2D eigenvalue weighted by atomic mass is 10.1. The third kappa shape index (κ3) is 3.16. The van der Waals surface area contributed by atoms with Crippen molar-refractivity contribution in [1.29, 1.82) is 0 Å². The van der Waals surface area contributed by atoms with E-state index in [0.717, 1.165) is 25.1 Å². The van der Waals surface area contributed by atoms with Gasteiger partial charge in [0.1, 0.15) is 5.82 Å².